The molecule has 1 atom stereocenters. The fraction of sp³-hybridized carbons (Fsp3) is 0.414. The van der Waals surface area contributed by atoms with E-state index in [-0.39, 0.29) is 0 Å². The van der Waals surface area contributed by atoms with Crippen molar-refractivity contribution in [2.75, 3.05) is 44.3 Å². The molecule has 0 bridgehead atoms. The smallest absolute Gasteiger partial charge is 0.263 e. The van der Waals surface area contributed by atoms with Gasteiger partial charge in [0.1, 0.15) is 23.6 Å². The highest BCUT2D eigenvalue weighted by atomic mass is 16.5. The van der Waals surface area contributed by atoms with E-state index >= 15 is 0 Å². The van der Waals surface area contributed by atoms with Crippen LogP contribution in [0.15, 0.2) is 54.9 Å². The predicted octanol–water partition coefficient (Wildman–Crippen LogP) is 3.38. The number of hydrogen-bond acceptors (Lipinski definition) is 9. The average Bonchev–Trinajstić information content (AvgIpc) is 3.53. The lowest BCUT2D eigenvalue weighted by Crippen LogP contribution is -2.49. The van der Waals surface area contributed by atoms with E-state index < -0.39 is 5.85 Å². The van der Waals surface area contributed by atoms with Crippen LogP contribution in [0.4, 0.5) is 11.5 Å². The van der Waals surface area contributed by atoms with Gasteiger partial charge in [0.15, 0.2) is 5.65 Å². The number of benzene rings is 2. The van der Waals surface area contributed by atoms with Gasteiger partial charge in [-0.05, 0) is 44.9 Å². The number of fused-ring (bicyclic) bond motifs is 2. The molecule has 2 aromatic carbocycles. The number of anilines is 2. The van der Waals surface area contributed by atoms with Gasteiger partial charge in [0, 0.05) is 43.3 Å². The Morgan fingerprint density at radius 3 is 2.38 bits per heavy atom. The van der Waals surface area contributed by atoms with Crippen molar-refractivity contribution < 1.29 is 4.74 Å². The molecule has 4 heterocycles. The van der Waals surface area contributed by atoms with Crippen LogP contribution in [0.2, 0.25) is 0 Å². The second kappa shape index (κ2) is 9.48. The van der Waals surface area contributed by atoms with Gasteiger partial charge in [0.05, 0.1) is 17.1 Å². The molecule has 7 rings (SSSR count). The van der Waals surface area contributed by atoms with Crippen LogP contribution in [0.3, 0.4) is 0 Å². The van der Waals surface area contributed by atoms with E-state index in [0.717, 1.165) is 78.3 Å². The van der Waals surface area contributed by atoms with Gasteiger partial charge in [-0.3, -0.25) is 10.6 Å². The van der Waals surface area contributed by atoms with Crippen LogP contribution in [0.1, 0.15) is 37.3 Å². The van der Waals surface area contributed by atoms with E-state index in [1.54, 1.807) is 0 Å². The molecule has 2 aliphatic heterocycles. The number of likely N-dealkylation sites (N-methyl/N-ethyl adjacent to an activating group) is 1. The van der Waals surface area contributed by atoms with Crippen molar-refractivity contribution in [2.45, 2.75) is 43.6 Å². The molecule has 1 saturated carbocycles. The molecule has 5 N–H and O–H groups in total. The van der Waals surface area contributed by atoms with Crippen molar-refractivity contribution in [3.63, 3.8) is 0 Å². The molecule has 1 unspecified atom stereocenters. The number of aromatic nitrogens is 4. The molecular formula is C29H35N9O. The van der Waals surface area contributed by atoms with Crippen LogP contribution in [-0.2, 0) is 5.85 Å². The highest BCUT2D eigenvalue weighted by Gasteiger charge is 2.37. The van der Waals surface area contributed by atoms with Crippen molar-refractivity contribution >= 4 is 22.5 Å². The largest absolute Gasteiger partial charge is 0.448 e. The molecule has 202 valence electrons. The van der Waals surface area contributed by atoms with E-state index in [1.807, 2.05) is 48.5 Å². The number of hydrogen-bond donors (Lipinski definition) is 3. The molecular weight excluding hydrogens is 490 g/mol. The molecule has 0 spiro atoms. The number of rotatable bonds is 4. The van der Waals surface area contributed by atoms with Crippen molar-refractivity contribution in [1.29, 1.82) is 0 Å². The Morgan fingerprint density at radius 1 is 0.923 bits per heavy atom. The second-order valence-corrected chi connectivity index (χ2v) is 11.1. The lowest BCUT2D eigenvalue weighted by atomic mass is 9.90. The predicted molar refractivity (Wildman–Crippen MR) is 152 cm³/mol. The molecule has 0 radical (unpaired) electrons. The Kier molecular flexibility index (Phi) is 5.91. The van der Waals surface area contributed by atoms with Gasteiger partial charge in [-0.2, -0.15) is 5.10 Å². The Hall–Kier alpha value is -3.73. The van der Waals surface area contributed by atoms with Gasteiger partial charge in [-0.1, -0.05) is 36.4 Å². The zero-order chi connectivity index (χ0) is 26.6. The van der Waals surface area contributed by atoms with Gasteiger partial charge < -0.3 is 20.7 Å². The number of nitrogens with zero attached hydrogens (tertiary/aromatic N) is 6. The maximum atomic E-state index is 6.61. The molecule has 1 aliphatic carbocycles. The topological polar surface area (TPSA) is 123 Å². The zero-order valence-corrected chi connectivity index (χ0v) is 22.3. The summed E-state index contributed by atoms with van der Waals surface area (Å²) < 4.78 is 8.15. The van der Waals surface area contributed by atoms with Crippen molar-refractivity contribution in [1.82, 2.24) is 29.5 Å². The number of nitrogen functional groups attached to an aromatic ring is 1. The normalized spacial score (nSPS) is 25.8. The van der Waals surface area contributed by atoms with Gasteiger partial charge in [-0.15, -0.1) is 0 Å². The van der Waals surface area contributed by atoms with Gasteiger partial charge in [-0.25, -0.2) is 14.6 Å². The number of nitrogens with one attached hydrogen (secondary N) is 1. The summed E-state index contributed by atoms with van der Waals surface area (Å²) in [7, 11) is 2.21. The Balaban J connectivity index is 1.15. The molecule has 3 aliphatic rings. The van der Waals surface area contributed by atoms with Gasteiger partial charge >= 0.3 is 0 Å². The zero-order valence-electron chi connectivity index (χ0n) is 22.3. The Morgan fingerprint density at radius 2 is 1.64 bits per heavy atom. The average molecular weight is 526 g/mol. The second-order valence-electron chi connectivity index (χ2n) is 11.1. The third-order valence-electron chi connectivity index (χ3n) is 8.65. The monoisotopic (exact) mass is 525 g/mol. The van der Waals surface area contributed by atoms with Crippen LogP contribution in [0.25, 0.3) is 22.3 Å². The first-order valence-electron chi connectivity index (χ1n) is 13.9. The van der Waals surface area contributed by atoms with E-state index in [0.29, 0.717) is 17.9 Å². The summed E-state index contributed by atoms with van der Waals surface area (Å²) in [6.07, 6.45) is 6.05. The molecule has 10 nitrogen and oxygen atoms in total. The minimum atomic E-state index is -1.13. The van der Waals surface area contributed by atoms with E-state index in [4.69, 9.17) is 21.3 Å². The van der Waals surface area contributed by atoms with E-state index in [1.165, 1.54) is 19.2 Å². The number of nitrogens with two attached hydrogens (primary N) is 2. The molecule has 2 fully saturated rings. The lowest BCUT2D eigenvalue weighted by Gasteiger charge is -2.41. The van der Waals surface area contributed by atoms with E-state index in [2.05, 4.69) is 36.8 Å². The quantitative estimate of drug-likeness (QED) is 0.368. The van der Waals surface area contributed by atoms with Crippen molar-refractivity contribution in [3.05, 3.63) is 60.4 Å². The highest BCUT2D eigenvalue weighted by molar-refractivity contribution is 5.98. The van der Waals surface area contributed by atoms with Gasteiger partial charge in [0.25, 0.3) is 5.85 Å². The van der Waals surface area contributed by atoms with E-state index in [9.17, 15) is 0 Å². The van der Waals surface area contributed by atoms with Crippen LogP contribution >= 0.6 is 0 Å². The summed E-state index contributed by atoms with van der Waals surface area (Å²) in [6, 6.07) is 16.7. The van der Waals surface area contributed by atoms with Crippen LogP contribution in [-0.4, -0.2) is 68.8 Å². The first-order chi connectivity index (χ1) is 19.0. The molecule has 4 aromatic rings. The number of piperazine rings is 1. The summed E-state index contributed by atoms with van der Waals surface area (Å²) in [5, 5.41) is 9.20. The Bertz CT molecular complexity index is 1460. The van der Waals surface area contributed by atoms with Crippen molar-refractivity contribution in [3.8, 4) is 17.0 Å². The maximum Gasteiger partial charge on any atom is 0.263 e. The molecule has 10 heteroatoms. The lowest BCUT2D eigenvalue weighted by molar-refractivity contribution is 0.0815. The minimum Gasteiger partial charge on any atom is -0.448 e. The fourth-order valence-electron chi connectivity index (χ4n) is 6.37. The number of ether oxygens (including phenoxy) is 1. The highest BCUT2D eigenvalue weighted by Crippen LogP contribution is 2.40. The number of para-hydroxylation sites is 2. The maximum absolute atomic E-state index is 6.61. The van der Waals surface area contributed by atoms with Crippen LogP contribution in [0, 0.1) is 0 Å². The van der Waals surface area contributed by atoms with Crippen LogP contribution in [0.5, 0.6) is 5.75 Å². The Labute approximate surface area is 227 Å². The van der Waals surface area contributed by atoms with Crippen LogP contribution < -0.4 is 21.5 Å². The fourth-order valence-corrected chi connectivity index (χ4v) is 6.37. The molecule has 0 amide bonds. The summed E-state index contributed by atoms with van der Waals surface area (Å²) in [5.41, 5.74) is 17.2. The van der Waals surface area contributed by atoms with Gasteiger partial charge in [0.2, 0.25) is 0 Å². The van der Waals surface area contributed by atoms with Crippen molar-refractivity contribution in [2.24, 2.45) is 5.73 Å². The molecule has 39 heavy (non-hydrogen) atoms. The molecule has 2 aromatic heterocycles. The standard InChI is InChI=1S/C29H35N9O/c1-36-14-16-37(17-15-36)21-10-12-22(13-11-21)38-28-25(27(30)32-18-33-28)26(35-38)19-6-8-20(9-7-19)29(31)34-23-4-2-3-5-24(23)39-29/h2-9,18,21-22,34H,10-17,31H2,1H3,(H2,30,32,33). The first-order valence-corrected chi connectivity index (χ1v) is 13.9. The minimum absolute atomic E-state index is 0.292. The SMILES string of the molecule is CN1CCN(C2CCC(n3nc(-c4ccc(C5(N)Nc6ccccc6O5)cc4)c4c(N)ncnc43)CC2)CC1. The summed E-state index contributed by atoms with van der Waals surface area (Å²) >= 11 is 0. The summed E-state index contributed by atoms with van der Waals surface area (Å²) in [6.45, 7) is 4.64. The summed E-state index contributed by atoms with van der Waals surface area (Å²) in [5.74, 6) is 0.0536. The third kappa shape index (κ3) is 4.28. The first kappa shape index (κ1) is 24.3. The third-order valence-corrected chi connectivity index (χ3v) is 8.65. The molecule has 1 saturated heterocycles. The summed E-state index contributed by atoms with van der Waals surface area (Å²) in [4.78, 5) is 14.0.